The van der Waals surface area contributed by atoms with E-state index in [1.807, 2.05) is 0 Å². The Bertz CT molecular complexity index is 1440. The number of amides is 1. The van der Waals surface area contributed by atoms with Gasteiger partial charge in [0.1, 0.15) is 11.4 Å². The highest BCUT2D eigenvalue weighted by atomic mass is 35.5. The van der Waals surface area contributed by atoms with Gasteiger partial charge < -0.3 is 15.4 Å². The summed E-state index contributed by atoms with van der Waals surface area (Å²) in [6.07, 6.45) is -5.17. The van der Waals surface area contributed by atoms with Gasteiger partial charge >= 0.3 is 12.3 Å². The van der Waals surface area contributed by atoms with Crippen molar-refractivity contribution in [3.8, 4) is 11.1 Å². The molecule has 0 bridgehead atoms. The number of hydrogen-bond donors (Lipinski definition) is 2. The van der Waals surface area contributed by atoms with Crippen LogP contribution in [0.1, 0.15) is 44.1 Å². The lowest BCUT2D eigenvalue weighted by Gasteiger charge is -2.24. The maximum Gasteiger partial charge on any atom is 0.417 e. The molecule has 212 valence electrons. The molecule has 9 nitrogen and oxygen atoms in total. The fourth-order valence-electron chi connectivity index (χ4n) is 3.73. The second-order valence-electron chi connectivity index (χ2n) is 9.91. The number of benzene rings is 2. The van der Waals surface area contributed by atoms with Gasteiger partial charge in [-0.15, -0.1) is 5.10 Å². The number of carbonyl (C=O) groups is 1. The van der Waals surface area contributed by atoms with Crippen molar-refractivity contribution in [2.75, 3.05) is 25.1 Å². The number of ether oxygens (including phenoxy) is 1. The third-order valence-electron chi connectivity index (χ3n) is 5.49. The predicted octanol–water partition coefficient (Wildman–Crippen LogP) is 5.35. The van der Waals surface area contributed by atoms with Gasteiger partial charge in [0.15, 0.2) is 9.84 Å². The fourth-order valence-corrected chi connectivity index (χ4v) is 5.38. The Hall–Kier alpha value is -3.32. The van der Waals surface area contributed by atoms with E-state index in [1.54, 1.807) is 20.8 Å². The number of halogens is 4. The summed E-state index contributed by atoms with van der Waals surface area (Å²) in [7, 11) is -2.26. The van der Waals surface area contributed by atoms with E-state index < -0.39 is 33.3 Å². The molecule has 0 aliphatic rings. The van der Waals surface area contributed by atoms with Gasteiger partial charge in [0, 0.05) is 30.6 Å². The van der Waals surface area contributed by atoms with Crippen LogP contribution in [-0.4, -0.2) is 59.5 Å². The van der Waals surface area contributed by atoms with Gasteiger partial charge in [-0.2, -0.15) is 18.2 Å². The van der Waals surface area contributed by atoms with E-state index in [4.69, 9.17) is 22.1 Å². The molecule has 0 saturated carbocycles. The van der Waals surface area contributed by atoms with Crippen LogP contribution in [0.25, 0.3) is 11.1 Å². The van der Waals surface area contributed by atoms with Crippen molar-refractivity contribution in [1.29, 1.82) is 0 Å². The summed E-state index contributed by atoms with van der Waals surface area (Å²) < 4.78 is 72.9. The zero-order chi connectivity index (χ0) is 29.2. The minimum Gasteiger partial charge on any atom is -0.444 e. The number of aromatic nitrogens is 3. The molecular weight excluding hydrogens is 559 g/mol. The quantitative estimate of drug-likeness (QED) is 0.363. The SMILES string of the molecule is CN(CCCS(=O)(=O)c1ccc(-c2c(Cl)cc(Cc3nc(N)n[nH]3)cc2C(F)(F)F)cc1)C(=O)OC(C)(C)C. The van der Waals surface area contributed by atoms with Crippen molar-refractivity contribution in [3.63, 3.8) is 0 Å². The zero-order valence-corrected chi connectivity index (χ0v) is 23.3. The summed E-state index contributed by atoms with van der Waals surface area (Å²) in [4.78, 5) is 17.2. The molecule has 1 aromatic heterocycles. The summed E-state index contributed by atoms with van der Waals surface area (Å²) in [6.45, 7) is 5.31. The largest absolute Gasteiger partial charge is 0.444 e. The Balaban J connectivity index is 1.79. The van der Waals surface area contributed by atoms with Crippen molar-refractivity contribution in [1.82, 2.24) is 20.1 Å². The molecule has 0 spiro atoms. The molecule has 0 atom stereocenters. The highest BCUT2D eigenvalue weighted by Crippen LogP contribution is 2.42. The number of anilines is 1. The first-order valence-electron chi connectivity index (χ1n) is 11.8. The molecule has 0 fully saturated rings. The average Bonchev–Trinajstić information content (AvgIpc) is 3.21. The Morgan fingerprint density at radius 1 is 1.15 bits per heavy atom. The number of sulfone groups is 1. The second-order valence-corrected chi connectivity index (χ2v) is 12.4. The van der Waals surface area contributed by atoms with E-state index in [1.165, 1.54) is 42.3 Å². The van der Waals surface area contributed by atoms with Crippen molar-refractivity contribution in [2.45, 2.75) is 50.3 Å². The average molecular weight is 588 g/mol. The molecule has 1 amide bonds. The molecule has 0 radical (unpaired) electrons. The van der Waals surface area contributed by atoms with Gasteiger partial charge in [-0.3, -0.25) is 5.10 Å². The number of hydrogen-bond acceptors (Lipinski definition) is 7. The van der Waals surface area contributed by atoms with Crippen LogP contribution in [0.5, 0.6) is 0 Å². The molecule has 14 heteroatoms. The predicted molar refractivity (Wildman–Crippen MR) is 141 cm³/mol. The summed E-state index contributed by atoms with van der Waals surface area (Å²) >= 11 is 6.31. The van der Waals surface area contributed by atoms with Gasteiger partial charge in [0.2, 0.25) is 5.95 Å². The lowest BCUT2D eigenvalue weighted by molar-refractivity contribution is -0.137. The van der Waals surface area contributed by atoms with Gasteiger partial charge in [0.05, 0.1) is 16.2 Å². The molecule has 3 N–H and O–H groups in total. The molecule has 39 heavy (non-hydrogen) atoms. The smallest absolute Gasteiger partial charge is 0.417 e. The third kappa shape index (κ3) is 8.09. The first kappa shape index (κ1) is 30.2. The Morgan fingerprint density at radius 3 is 2.33 bits per heavy atom. The number of nitrogens with zero attached hydrogens (tertiary/aromatic N) is 3. The monoisotopic (exact) mass is 587 g/mol. The van der Waals surface area contributed by atoms with Gasteiger partial charge in [-0.05, 0) is 62.6 Å². The van der Waals surface area contributed by atoms with Crippen LogP contribution in [0.3, 0.4) is 0 Å². The Labute approximate surface area is 229 Å². The van der Waals surface area contributed by atoms with Crippen LogP contribution < -0.4 is 5.73 Å². The first-order valence-corrected chi connectivity index (χ1v) is 13.8. The van der Waals surface area contributed by atoms with Crippen LogP contribution in [0.4, 0.5) is 23.9 Å². The maximum atomic E-state index is 14.0. The second kappa shape index (κ2) is 11.4. The molecule has 0 aliphatic carbocycles. The maximum absolute atomic E-state index is 14.0. The molecule has 0 saturated heterocycles. The highest BCUT2D eigenvalue weighted by Gasteiger charge is 2.35. The number of nitrogens with one attached hydrogen (secondary N) is 1. The van der Waals surface area contributed by atoms with E-state index in [-0.39, 0.29) is 63.5 Å². The van der Waals surface area contributed by atoms with Crippen LogP contribution in [0, 0.1) is 0 Å². The van der Waals surface area contributed by atoms with E-state index >= 15 is 0 Å². The highest BCUT2D eigenvalue weighted by molar-refractivity contribution is 7.91. The van der Waals surface area contributed by atoms with E-state index in [2.05, 4.69) is 15.2 Å². The lowest BCUT2D eigenvalue weighted by atomic mass is 9.96. The number of nitrogens with two attached hydrogens (primary N) is 1. The van der Waals surface area contributed by atoms with Crippen molar-refractivity contribution < 1.29 is 31.1 Å². The summed E-state index contributed by atoms with van der Waals surface area (Å²) in [6, 6.07) is 7.40. The van der Waals surface area contributed by atoms with Crippen LogP contribution in [0.2, 0.25) is 5.02 Å². The van der Waals surface area contributed by atoms with Gasteiger partial charge in [0.25, 0.3) is 0 Å². The fraction of sp³-hybridized carbons (Fsp3) is 0.400. The number of H-pyrrole nitrogens is 1. The van der Waals surface area contributed by atoms with E-state index in [0.717, 1.165) is 6.07 Å². The lowest BCUT2D eigenvalue weighted by Crippen LogP contribution is -2.35. The third-order valence-corrected chi connectivity index (χ3v) is 7.60. The zero-order valence-electron chi connectivity index (χ0n) is 21.8. The normalized spacial score (nSPS) is 12.4. The van der Waals surface area contributed by atoms with Crippen LogP contribution in [-0.2, 0) is 27.2 Å². The number of alkyl halides is 3. The molecule has 3 rings (SSSR count). The van der Waals surface area contributed by atoms with Crippen LogP contribution in [0.15, 0.2) is 41.3 Å². The number of nitrogen functional groups attached to an aromatic ring is 1. The van der Waals surface area contributed by atoms with Crippen molar-refractivity contribution >= 4 is 33.5 Å². The topological polar surface area (TPSA) is 131 Å². The molecule has 0 unspecified atom stereocenters. The van der Waals surface area contributed by atoms with Crippen molar-refractivity contribution in [2.24, 2.45) is 0 Å². The molecule has 2 aromatic carbocycles. The van der Waals surface area contributed by atoms with Crippen LogP contribution >= 0.6 is 11.6 Å². The van der Waals surface area contributed by atoms with E-state index in [0.29, 0.717) is 0 Å². The Morgan fingerprint density at radius 2 is 1.79 bits per heavy atom. The minimum atomic E-state index is -4.74. The summed E-state index contributed by atoms with van der Waals surface area (Å²) in [5, 5.41) is 6.04. The number of carbonyl (C=O) groups excluding carboxylic acids is 1. The number of aromatic amines is 1. The summed E-state index contributed by atoms with van der Waals surface area (Å²) in [5.41, 5.74) is 3.87. The van der Waals surface area contributed by atoms with Crippen molar-refractivity contribution in [3.05, 3.63) is 58.4 Å². The molecule has 0 aliphatic heterocycles. The van der Waals surface area contributed by atoms with Gasteiger partial charge in [-0.1, -0.05) is 23.7 Å². The van der Waals surface area contributed by atoms with Gasteiger partial charge in [-0.25, -0.2) is 13.2 Å². The molecule has 3 aromatic rings. The molecule has 1 heterocycles. The Kier molecular flexibility index (Phi) is 8.85. The molecular formula is C25H29ClF3N5O4S. The minimum absolute atomic E-state index is 0.00637. The first-order chi connectivity index (χ1) is 18.0. The summed E-state index contributed by atoms with van der Waals surface area (Å²) in [5.74, 6) is -0.0281. The number of rotatable bonds is 8. The standard InChI is InChI=1S/C25H29ClF3N5O4S/c1-24(2,3)38-23(35)34(4)10-5-11-39(36,37)17-8-6-16(7-9-17)21-18(25(27,28)29)12-15(13-19(21)26)14-20-31-22(30)33-32-20/h6-9,12-13H,5,10-11,14H2,1-4H3,(H3,30,31,32,33). The van der Waals surface area contributed by atoms with E-state index in [9.17, 15) is 26.4 Å².